The predicted octanol–water partition coefficient (Wildman–Crippen LogP) is 12.2. The molecule has 0 bridgehead atoms. The molecule has 308 valence electrons. The zero-order valence-corrected chi connectivity index (χ0v) is 29.4. The highest BCUT2D eigenvalue weighted by atomic mass is 33.2. The Hall–Kier alpha value is -2.96. The van der Waals surface area contributed by atoms with E-state index in [1.165, 1.54) is 18.8 Å². The van der Waals surface area contributed by atoms with Crippen LogP contribution in [-0.2, 0) is 51.2 Å². The summed E-state index contributed by atoms with van der Waals surface area (Å²) in [6.45, 7) is -0.964. The van der Waals surface area contributed by atoms with Crippen LogP contribution in [0, 0.1) is 0 Å². The Labute approximate surface area is 305 Å². The van der Waals surface area contributed by atoms with Crippen molar-refractivity contribution in [3.05, 3.63) is 105 Å². The Bertz CT molecular complexity index is 1530. The molecule has 55 heavy (non-hydrogen) atoms. The average molecular weight is 862 g/mol. The summed E-state index contributed by atoms with van der Waals surface area (Å²) in [5.74, 6) is 0. The lowest BCUT2D eigenvalue weighted by Crippen LogP contribution is -2.33. The zero-order chi connectivity index (χ0) is 42.4. The van der Waals surface area contributed by atoms with E-state index >= 15 is 0 Å². The fourth-order valence-corrected chi connectivity index (χ4v) is 6.29. The maximum absolute atomic E-state index is 14.1. The topological polar surface area (TPSA) is 38.7 Å². The van der Waals surface area contributed by atoms with E-state index < -0.39 is 147 Å². The van der Waals surface area contributed by atoms with Gasteiger partial charge in [-0.15, -0.1) is 9.34 Å². The minimum Gasteiger partial charge on any atom is -0.401 e. The molecule has 0 saturated carbocycles. The van der Waals surface area contributed by atoms with Crippen LogP contribution in [0.5, 0.6) is 0 Å². The van der Waals surface area contributed by atoms with E-state index in [2.05, 4.69) is 0 Å². The third-order valence-corrected chi connectivity index (χ3v) is 12.0. The maximum atomic E-state index is 14.1. The van der Waals surface area contributed by atoms with Gasteiger partial charge in [0.2, 0.25) is 0 Å². The van der Waals surface area contributed by atoms with Gasteiger partial charge in [-0.1, -0.05) is 10.8 Å². The third kappa shape index (κ3) is 11.6. The van der Waals surface area contributed by atoms with Gasteiger partial charge in [-0.3, -0.25) is 0 Å². The molecule has 0 unspecified atom stereocenters. The standard InChI is InChI=1S/C31H25BF18O3S2/c1-54-55(2,3)53-32(51)52-6-4-5-25(16-7-19(26(33,34)35)13-20(8-16)27(36,37)38,17-9-21(28(39,40)41)14-22(10-17)29(42,43)44)18-11-23(30(45,46)47)15-24(12-18)31(48,49)50/h7-15,51H,4-6H2,1-3H3. The molecule has 0 heterocycles. The second-order valence-corrected chi connectivity index (χ2v) is 18.2. The van der Waals surface area contributed by atoms with Crippen LogP contribution in [0.2, 0.25) is 0 Å². The molecule has 3 aromatic rings. The number of hydrogen-bond donors (Lipinski definition) is 1. The van der Waals surface area contributed by atoms with E-state index in [-0.39, 0.29) is 36.4 Å². The van der Waals surface area contributed by atoms with Gasteiger partial charge in [-0.2, -0.15) is 79.0 Å². The van der Waals surface area contributed by atoms with Crippen LogP contribution in [-0.4, -0.2) is 37.7 Å². The largest absolute Gasteiger partial charge is 0.647 e. The molecule has 0 spiro atoms. The number of alkyl halides is 18. The highest BCUT2D eigenvalue weighted by molar-refractivity contribution is 8.91. The van der Waals surface area contributed by atoms with Crippen LogP contribution < -0.4 is 0 Å². The van der Waals surface area contributed by atoms with Gasteiger partial charge >= 0.3 is 44.4 Å². The highest BCUT2D eigenvalue weighted by Crippen LogP contribution is 2.54. The van der Waals surface area contributed by atoms with Crippen molar-refractivity contribution in [2.75, 3.05) is 25.4 Å². The molecule has 0 atom stereocenters. The van der Waals surface area contributed by atoms with Crippen molar-refractivity contribution < 1.29 is 92.8 Å². The molecule has 0 amide bonds. The molecule has 1 N–H and O–H groups in total. The number of rotatable bonds is 11. The van der Waals surface area contributed by atoms with Gasteiger partial charge in [0.15, 0.2) is 0 Å². The molecule has 0 saturated heterocycles. The first kappa shape index (κ1) is 46.4. The fraction of sp³-hybridized carbons (Fsp3) is 0.419. The van der Waals surface area contributed by atoms with Crippen molar-refractivity contribution in [2.45, 2.75) is 55.3 Å². The van der Waals surface area contributed by atoms with Gasteiger partial charge < -0.3 is 13.8 Å². The monoisotopic (exact) mass is 862 g/mol. The van der Waals surface area contributed by atoms with Crippen molar-refractivity contribution in [2.24, 2.45) is 0 Å². The van der Waals surface area contributed by atoms with Crippen LogP contribution in [0.1, 0.15) is 62.9 Å². The molecule has 0 aliphatic heterocycles. The van der Waals surface area contributed by atoms with Crippen LogP contribution in [0.15, 0.2) is 54.6 Å². The molecular weight excluding hydrogens is 837 g/mol. The summed E-state index contributed by atoms with van der Waals surface area (Å²) >= 11 is 0. The quantitative estimate of drug-likeness (QED) is 0.0685. The summed E-state index contributed by atoms with van der Waals surface area (Å²) in [6.07, 6.45) is -32.6. The normalized spacial score (nSPS) is 14.4. The summed E-state index contributed by atoms with van der Waals surface area (Å²) < 4.78 is 265. The molecule has 0 aliphatic rings. The number of hydrogen-bond acceptors (Lipinski definition) is 4. The second-order valence-electron chi connectivity index (χ2n) is 12.0. The first-order chi connectivity index (χ1) is 24.6. The maximum Gasteiger partial charge on any atom is 0.647 e. The van der Waals surface area contributed by atoms with Crippen molar-refractivity contribution >= 4 is 27.5 Å². The van der Waals surface area contributed by atoms with Gasteiger partial charge in [0.25, 0.3) is 0 Å². The zero-order valence-electron chi connectivity index (χ0n) is 27.8. The predicted molar refractivity (Wildman–Crippen MR) is 166 cm³/mol. The summed E-state index contributed by atoms with van der Waals surface area (Å²) in [5, 5.41) is 10.2. The molecule has 3 nitrogen and oxygen atoms in total. The average Bonchev–Trinajstić information content (AvgIpc) is 3.01. The van der Waals surface area contributed by atoms with E-state index in [1.54, 1.807) is 0 Å². The van der Waals surface area contributed by atoms with E-state index in [0.29, 0.717) is 0 Å². The van der Waals surface area contributed by atoms with E-state index in [4.69, 9.17) is 8.75 Å². The molecular formula is C31H25BF18O3S2. The van der Waals surface area contributed by atoms with Gasteiger partial charge in [-0.05, 0) is 103 Å². The van der Waals surface area contributed by atoms with E-state index in [9.17, 15) is 84.1 Å². The summed E-state index contributed by atoms with van der Waals surface area (Å²) in [7, 11) is -3.20. The summed E-state index contributed by atoms with van der Waals surface area (Å²) in [6, 6.07) is -3.00. The lowest BCUT2D eigenvalue weighted by molar-refractivity contribution is -0.144. The summed E-state index contributed by atoms with van der Waals surface area (Å²) in [5.41, 5.74) is -22.0. The molecule has 0 radical (unpaired) electrons. The molecule has 24 heteroatoms. The minimum atomic E-state index is -5.78. The highest BCUT2D eigenvalue weighted by Gasteiger charge is 2.47. The Morgan fingerprint density at radius 3 is 0.945 bits per heavy atom. The van der Waals surface area contributed by atoms with Gasteiger partial charge in [0.05, 0.1) is 33.4 Å². The van der Waals surface area contributed by atoms with Crippen LogP contribution in [0.25, 0.3) is 0 Å². The van der Waals surface area contributed by atoms with E-state index in [0.717, 1.165) is 10.8 Å². The number of benzene rings is 3. The molecule has 3 aromatic carbocycles. The lowest BCUT2D eigenvalue weighted by Gasteiger charge is -2.38. The molecule has 0 aliphatic carbocycles. The Kier molecular flexibility index (Phi) is 13.3. The Morgan fingerprint density at radius 1 is 0.491 bits per heavy atom. The first-order valence-electron chi connectivity index (χ1n) is 14.8. The molecule has 0 aromatic heterocycles. The van der Waals surface area contributed by atoms with Gasteiger partial charge in [-0.25, -0.2) is 0 Å². The van der Waals surface area contributed by atoms with Crippen LogP contribution in [0.4, 0.5) is 79.0 Å². The minimum absolute atomic E-state index is 0.237. The van der Waals surface area contributed by atoms with Crippen LogP contribution >= 0.6 is 20.1 Å². The molecule has 3 rings (SSSR count). The second kappa shape index (κ2) is 15.8. The van der Waals surface area contributed by atoms with Gasteiger partial charge in [0, 0.05) is 12.0 Å². The third-order valence-electron chi connectivity index (χ3n) is 7.91. The van der Waals surface area contributed by atoms with Crippen molar-refractivity contribution in [3.8, 4) is 0 Å². The van der Waals surface area contributed by atoms with Gasteiger partial charge in [0.1, 0.15) is 0 Å². The lowest BCUT2D eigenvalue weighted by atomic mass is 9.65. The van der Waals surface area contributed by atoms with Crippen molar-refractivity contribution in [3.63, 3.8) is 0 Å². The Balaban J connectivity index is 2.66. The summed E-state index contributed by atoms with van der Waals surface area (Å²) in [4.78, 5) is 0. The molecule has 0 fully saturated rings. The fourth-order valence-electron chi connectivity index (χ4n) is 5.32. The van der Waals surface area contributed by atoms with Crippen LogP contribution in [0.3, 0.4) is 0 Å². The van der Waals surface area contributed by atoms with Crippen molar-refractivity contribution in [1.29, 1.82) is 0 Å². The Morgan fingerprint density at radius 2 is 0.727 bits per heavy atom. The first-order valence-corrected chi connectivity index (χ1v) is 18.9. The van der Waals surface area contributed by atoms with E-state index in [1.807, 2.05) is 0 Å². The number of halogens is 18. The van der Waals surface area contributed by atoms with Crippen molar-refractivity contribution in [1.82, 2.24) is 0 Å². The SMILES string of the molecule is CSS(C)(C)OB(O)OCCCC(c1cc(C(F)(F)F)cc(C(F)(F)F)c1)(c1cc(C(F)(F)F)cc(C(F)(F)F)c1)c1cc(C(F)(F)F)cc(C(F)(F)F)c1. The smallest absolute Gasteiger partial charge is 0.401 e.